The van der Waals surface area contributed by atoms with E-state index in [1.54, 1.807) is 55.8 Å². The van der Waals surface area contributed by atoms with Gasteiger partial charge in [-0.05, 0) is 80.8 Å². The number of rotatable bonds is 34. The van der Waals surface area contributed by atoms with Gasteiger partial charge in [-0.1, -0.05) is 58.0 Å². The SMILES string of the molecule is CC(=O)N[C@@H](CCCCN)C(=O)N[C@@H](C)C(=O)C[C@H](C)C(=O)N[C@@H](CC(N)=O)C(=O)N[C@@H](CCN(C(=O)CO)[C@@H](c1cc(-c2cc(F)ccc2F)cn1Cc1ccccc1)C(C)(C)C)C(=O)NCCC(=O)N[C@H](CCC(=O)O)C(=O)O. The lowest BCUT2D eigenvalue weighted by molar-refractivity contribution is -0.143. The summed E-state index contributed by atoms with van der Waals surface area (Å²) in [5, 5.41) is 43.6. The molecule has 24 nitrogen and oxygen atoms in total. The number of nitrogens with two attached hydrogens (primary N) is 2. The third-order valence-electron chi connectivity index (χ3n) is 12.9. The largest absolute Gasteiger partial charge is 0.481 e. The standard InChI is InChI=1S/C55H76F2N10O14/c1-31(24-44(70)32(2)61-52(78)39(62-33(3)69)14-10-11-21-58)50(76)65-42(27-45(59)71)53(79)64-40(51(77)60-22-19-46(72)63-41(54(80)81)17-18-48(74)75)20-23-67(47(73)30-68)49(55(4,5)6)43-25-35(37-26-36(56)15-16-38(37)57)29-66(43)28-34-12-8-7-9-13-34/h7-9,12-13,15-16,25-26,29,31-32,39-42,49,68H,10-11,14,17-24,27-28,30,58H2,1-6H3,(H2,59,71)(H,60,77)(H,61,78)(H,62,69)(H,63,72)(H,64,79)(H,65,76)(H,74,75)(H,80,81)/t31-,32-,39-,40-,41+,42-,49-/m0/s1. The fraction of sp³-hybridized carbons (Fsp3) is 0.509. The van der Waals surface area contributed by atoms with E-state index in [0.717, 1.165) is 23.8 Å². The zero-order valence-corrected chi connectivity index (χ0v) is 46.4. The highest BCUT2D eigenvalue weighted by Crippen LogP contribution is 2.41. The molecule has 8 amide bonds. The Hall–Kier alpha value is -8.13. The molecule has 1 heterocycles. The summed E-state index contributed by atoms with van der Waals surface area (Å²) >= 11 is 0. The van der Waals surface area contributed by atoms with Crippen molar-refractivity contribution in [2.45, 2.75) is 142 Å². The second kappa shape index (κ2) is 32.2. The summed E-state index contributed by atoms with van der Waals surface area (Å²) in [6.07, 6.45) is -0.505. The number of ketones is 1. The van der Waals surface area contributed by atoms with Gasteiger partial charge in [-0.3, -0.25) is 47.9 Å². The molecule has 2 aromatic carbocycles. The highest BCUT2D eigenvalue weighted by Gasteiger charge is 2.39. The van der Waals surface area contributed by atoms with Crippen LogP contribution in [0, 0.1) is 23.0 Å². The van der Waals surface area contributed by atoms with Gasteiger partial charge >= 0.3 is 11.9 Å². The number of nitrogens with zero attached hydrogens (tertiary/aromatic N) is 2. The number of amides is 8. The molecule has 0 radical (unpaired) electrons. The van der Waals surface area contributed by atoms with Crippen LogP contribution in [0.1, 0.15) is 117 Å². The number of aliphatic hydroxyl groups is 1. The molecular weight excluding hydrogens is 1060 g/mol. The maximum Gasteiger partial charge on any atom is 0.326 e. The first-order valence-corrected chi connectivity index (χ1v) is 26.4. The zero-order chi connectivity index (χ0) is 60.7. The predicted molar refractivity (Wildman–Crippen MR) is 290 cm³/mol. The Labute approximate surface area is 467 Å². The molecule has 444 valence electrons. The van der Waals surface area contributed by atoms with E-state index in [2.05, 4.69) is 31.9 Å². The topological polar surface area (TPSA) is 381 Å². The normalized spacial score (nSPS) is 13.9. The van der Waals surface area contributed by atoms with Gasteiger partial charge in [0.05, 0.1) is 18.5 Å². The second-order valence-corrected chi connectivity index (χ2v) is 20.8. The lowest BCUT2D eigenvalue weighted by Gasteiger charge is -2.41. The van der Waals surface area contributed by atoms with Crippen molar-refractivity contribution in [2.24, 2.45) is 22.8 Å². The van der Waals surface area contributed by atoms with Crippen LogP contribution in [0.15, 0.2) is 60.8 Å². The summed E-state index contributed by atoms with van der Waals surface area (Å²) in [5.74, 6) is -13.2. The van der Waals surface area contributed by atoms with Crippen molar-refractivity contribution >= 4 is 65.0 Å². The fourth-order valence-electron chi connectivity index (χ4n) is 8.82. The van der Waals surface area contributed by atoms with Gasteiger partial charge in [-0.15, -0.1) is 0 Å². The summed E-state index contributed by atoms with van der Waals surface area (Å²) in [7, 11) is 0. The van der Waals surface area contributed by atoms with E-state index in [1.165, 1.54) is 25.7 Å². The Kier molecular flexibility index (Phi) is 26.7. The number of carboxylic acids is 2. The van der Waals surface area contributed by atoms with Gasteiger partial charge in [-0.25, -0.2) is 13.6 Å². The van der Waals surface area contributed by atoms with Crippen molar-refractivity contribution in [1.29, 1.82) is 0 Å². The maximum absolute atomic E-state index is 15.4. The van der Waals surface area contributed by atoms with Crippen LogP contribution < -0.4 is 43.4 Å². The molecule has 0 aliphatic rings. The molecule has 26 heteroatoms. The Morgan fingerprint density at radius 1 is 0.728 bits per heavy atom. The number of aliphatic hydroxyl groups excluding tert-OH is 1. The van der Waals surface area contributed by atoms with Gasteiger partial charge < -0.3 is 68.2 Å². The fourth-order valence-corrected chi connectivity index (χ4v) is 8.82. The summed E-state index contributed by atoms with van der Waals surface area (Å²) in [4.78, 5) is 144. The molecule has 3 rings (SSSR count). The van der Waals surface area contributed by atoms with Crippen LogP contribution in [0.5, 0.6) is 0 Å². The van der Waals surface area contributed by atoms with Crippen LogP contribution in [0.25, 0.3) is 11.1 Å². The van der Waals surface area contributed by atoms with E-state index in [0.29, 0.717) is 25.1 Å². The van der Waals surface area contributed by atoms with Crippen LogP contribution in [0.3, 0.4) is 0 Å². The minimum atomic E-state index is -1.79. The molecule has 3 aromatic rings. The summed E-state index contributed by atoms with van der Waals surface area (Å²) in [6, 6.07) is 5.31. The molecule has 0 saturated carbocycles. The minimum absolute atomic E-state index is 0.0949. The monoisotopic (exact) mass is 1140 g/mol. The van der Waals surface area contributed by atoms with Crippen molar-refractivity contribution in [3.63, 3.8) is 0 Å². The Morgan fingerprint density at radius 2 is 1.37 bits per heavy atom. The zero-order valence-electron chi connectivity index (χ0n) is 46.4. The molecular formula is C55H76F2N10O14. The van der Waals surface area contributed by atoms with Gasteiger partial charge in [0.25, 0.3) is 0 Å². The first-order valence-electron chi connectivity index (χ1n) is 26.4. The van der Waals surface area contributed by atoms with E-state index in [9.17, 15) is 67.3 Å². The second-order valence-electron chi connectivity index (χ2n) is 20.8. The maximum atomic E-state index is 15.4. The smallest absolute Gasteiger partial charge is 0.326 e. The van der Waals surface area contributed by atoms with Crippen LogP contribution >= 0.6 is 0 Å². The number of nitrogens with one attached hydrogen (secondary N) is 6. The van der Waals surface area contributed by atoms with E-state index in [-0.39, 0.29) is 24.1 Å². The van der Waals surface area contributed by atoms with Crippen molar-refractivity contribution < 1.29 is 76.8 Å². The quantitative estimate of drug-likeness (QED) is 0.0376. The molecule has 0 aliphatic heterocycles. The van der Waals surface area contributed by atoms with Crippen LogP contribution in [-0.2, 0) is 59.3 Å². The van der Waals surface area contributed by atoms with Gasteiger partial charge in [-0.2, -0.15) is 0 Å². The summed E-state index contributed by atoms with van der Waals surface area (Å²) < 4.78 is 31.8. The Balaban J connectivity index is 2.02. The number of halogens is 2. The minimum Gasteiger partial charge on any atom is -0.481 e. The Morgan fingerprint density at radius 3 is 1.96 bits per heavy atom. The highest BCUT2D eigenvalue weighted by molar-refractivity contribution is 5.97. The predicted octanol–water partition coefficient (Wildman–Crippen LogP) is 1.30. The number of aliphatic carboxylic acids is 2. The number of hydrogen-bond donors (Lipinski definition) is 11. The number of hydrogen-bond acceptors (Lipinski definition) is 13. The van der Waals surface area contributed by atoms with E-state index in [4.69, 9.17) is 16.6 Å². The molecule has 7 atom stereocenters. The Bertz CT molecular complexity index is 2720. The van der Waals surface area contributed by atoms with Gasteiger partial charge in [0, 0.05) is 74.8 Å². The molecule has 0 saturated heterocycles. The number of carbonyl (C=O) groups excluding carboxylic acids is 9. The van der Waals surface area contributed by atoms with Gasteiger partial charge in [0.1, 0.15) is 42.4 Å². The number of carbonyl (C=O) groups is 11. The van der Waals surface area contributed by atoms with Crippen molar-refractivity contribution in [3.8, 4) is 11.1 Å². The third kappa shape index (κ3) is 22.1. The summed E-state index contributed by atoms with van der Waals surface area (Å²) in [5.41, 5.74) is 11.4. The first kappa shape index (κ1) is 67.1. The van der Waals surface area contributed by atoms with Gasteiger partial charge in [0.15, 0.2) is 5.78 Å². The van der Waals surface area contributed by atoms with Gasteiger partial charge in [0.2, 0.25) is 47.3 Å². The van der Waals surface area contributed by atoms with E-state index in [1.807, 2.05) is 12.1 Å². The summed E-state index contributed by atoms with van der Waals surface area (Å²) in [6.45, 7) is 7.75. The van der Waals surface area contributed by atoms with Crippen molar-refractivity contribution in [1.82, 2.24) is 41.4 Å². The van der Waals surface area contributed by atoms with Crippen LogP contribution in [0.2, 0.25) is 0 Å². The van der Waals surface area contributed by atoms with E-state index < -0.39 is 182 Å². The third-order valence-corrected chi connectivity index (χ3v) is 12.9. The van der Waals surface area contributed by atoms with E-state index >= 15 is 4.39 Å². The molecule has 0 fully saturated rings. The number of benzene rings is 2. The van der Waals surface area contributed by atoms with Crippen LogP contribution in [-0.4, -0.2) is 146 Å². The molecule has 0 aliphatic carbocycles. The average Bonchev–Trinajstić information content (AvgIpc) is 4.06. The number of unbranched alkanes of at least 4 members (excludes halogenated alkanes) is 1. The number of primary amides is 1. The van der Waals surface area contributed by atoms with Crippen molar-refractivity contribution in [2.75, 3.05) is 26.2 Å². The number of carboxylic acid groups (broad SMARTS) is 2. The van der Waals surface area contributed by atoms with Crippen molar-refractivity contribution in [3.05, 3.63) is 83.7 Å². The number of Topliss-reactive ketones (excluding diaryl/α,β-unsaturated/α-hetero) is 1. The highest BCUT2D eigenvalue weighted by atomic mass is 19.1. The molecule has 1 aromatic heterocycles. The molecule has 0 bridgehead atoms. The molecule has 0 spiro atoms. The first-order chi connectivity index (χ1) is 38.1. The lowest BCUT2D eigenvalue weighted by Crippen LogP contribution is -2.56. The average molecular weight is 1140 g/mol. The molecule has 13 N–H and O–H groups in total. The lowest BCUT2D eigenvalue weighted by atomic mass is 9.82. The van der Waals surface area contributed by atoms with Crippen LogP contribution in [0.4, 0.5) is 8.78 Å². The molecule has 0 unspecified atom stereocenters. The number of aromatic nitrogens is 1. The molecule has 81 heavy (non-hydrogen) atoms.